The van der Waals surface area contributed by atoms with Gasteiger partial charge in [-0.05, 0) is 18.2 Å². The molecule has 0 saturated carbocycles. The van der Waals surface area contributed by atoms with E-state index in [-0.39, 0.29) is 30.6 Å². The first-order valence-electron chi connectivity index (χ1n) is 9.02. The Morgan fingerprint density at radius 2 is 2.28 bits per heavy atom. The molecule has 0 aliphatic carbocycles. The van der Waals surface area contributed by atoms with E-state index in [0.717, 1.165) is 10.8 Å². The quantitative estimate of drug-likeness (QED) is 0.765. The first kappa shape index (κ1) is 19.6. The fourth-order valence-electron chi connectivity index (χ4n) is 3.49. The number of urea groups is 1. The third kappa shape index (κ3) is 3.66. The number of carbonyl (C=O) groups excluding carboxylic acids is 2. The molecule has 11 heteroatoms. The minimum atomic E-state index is -0.589. The smallest absolute Gasteiger partial charge is 0.322 e. The summed E-state index contributed by atoms with van der Waals surface area (Å²) in [7, 11) is 1.48. The van der Waals surface area contributed by atoms with Crippen LogP contribution in [0.3, 0.4) is 0 Å². The summed E-state index contributed by atoms with van der Waals surface area (Å²) < 4.78 is 14.8. The number of fused-ring (bicyclic) bond motifs is 3. The molecule has 3 heterocycles. The van der Waals surface area contributed by atoms with Crippen molar-refractivity contribution in [3.63, 3.8) is 0 Å². The van der Waals surface area contributed by atoms with Gasteiger partial charge >= 0.3 is 6.03 Å². The molecule has 1 aromatic carbocycles. The highest BCUT2D eigenvalue weighted by molar-refractivity contribution is 6.31. The lowest BCUT2D eigenvalue weighted by Gasteiger charge is -2.27. The summed E-state index contributed by atoms with van der Waals surface area (Å²) in [6.07, 6.45) is -0.108. The molecule has 154 valence electrons. The molecule has 0 fully saturated rings. The summed E-state index contributed by atoms with van der Waals surface area (Å²) in [5, 5.41) is 17.6. The number of amides is 3. The van der Waals surface area contributed by atoms with Gasteiger partial charge in [-0.1, -0.05) is 11.6 Å². The predicted molar refractivity (Wildman–Crippen MR) is 101 cm³/mol. The number of anilines is 1. The molecule has 1 atom stereocenters. The van der Waals surface area contributed by atoms with E-state index >= 15 is 0 Å². The lowest BCUT2D eigenvalue weighted by molar-refractivity contribution is -0.159. The number of aliphatic hydroxyl groups is 1. The molecule has 29 heavy (non-hydrogen) atoms. The van der Waals surface area contributed by atoms with Crippen LogP contribution >= 0.6 is 11.6 Å². The van der Waals surface area contributed by atoms with Gasteiger partial charge in [0, 0.05) is 31.3 Å². The molecule has 0 spiro atoms. The molecule has 0 radical (unpaired) electrons. The van der Waals surface area contributed by atoms with E-state index in [1.54, 1.807) is 9.58 Å². The number of aliphatic hydroxyl groups excluding tert-OH is 1. The first-order chi connectivity index (χ1) is 13.9. The van der Waals surface area contributed by atoms with Crippen molar-refractivity contribution in [3.05, 3.63) is 46.0 Å². The molecular weight excluding hydrogens is 405 g/mol. The summed E-state index contributed by atoms with van der Waals surface area (Å²) in [5.74, 6) is -0.955. The van der Waals surface area contributed by atoms with Gasteiger partial charge in [-0.3, -0.25) is 14.3 Å². The van der Waals surface area contributed by atoms with Crippen LogP contribution in [0.25, 0.3) is 0 Å². The van der Waals surface area contributed by atoms with E-state index in [9.17, 15) is 19.1 Å². The van der Waals surface area contributed by atoms with Gasteiger partial charge in [0.2, 0.25) is 0 Å². The normalized spacial score (nSPS) is 18.9. The number of carbonyl (C=O) groups is 2. The van der Waals surface area contributed by atoms with Crippen LogP contribution in [0.1, 0.15) is 21.7 Å². The second kappa shape index (κ2) is 7.62. The standard InChI is InChI=1S/C18H19ClFN5O4/c1-23-17(27)16-12-8-24(18(28)21-10-2-3-14(20)13(19)6-10)5-4-15(12)22-25(16)7-11(9-26)29-23/h2-3,6,11,26H,4-5,7-9H2,1H3,(H,21,28). The van der Waals surface area contributed by atoms with Gasteiger partial charge in [0.15, 0.2) is 0 Å². The van der Waals surface area contributed by atoms with E-state index < -0.39 is 18.0 Å². The fraction of sp³-hybridized carbons (Fsp3) is 0.389. The van der Waals surface area contributed by atoms with Crippen LogP contribution in [0.15, 0.2) is 18.2 Å². The number of benzene rings is 1. The molecule has 2 aliphatic rings. The van der Waals surface area contributed by atoms with Crippen molar-refractivity contribution < 1.29 is 23.9 Å². The maximum atomic E-state index is 13.3. The molecule has 9 nitrogen and oxygen atoms in total. The molecule has 1 aromatic heterocycles. The highest BCUT2D eigenvalue weighted by atomic mass is 35.5. The Morgan fingerprint density at radius 1 is 1.48 bits per heavy atom. The largest absolute Gasteiger partial charge is 0.393 e. The number of nitrogens with one attached hydrogen (secondary N) is 1. The summed E-state index contributed by atoms with van der Waals surface area (Å²) in [5.41, 5.74) is 2.12. The Bertz CT molecular complexity index is 981. The third-order valence-corrected chi connectivity index (χ3v) is 5.22. The number of nitrogens with zero attached hydrogens (tertiary/aromatic N) is 4. The van der Waals surface area contributed by atoms with Crippen molar-refractivity contribution in [3.8, 4) is 0 Å². The topological polar surface area (TPSA) is 99.9 Å². The minimum absolute atomic E-state index is 0.0854. The van der Waals surface area contributed by atoms with E-state index in [0.29, 0.717) is 29.9 Å². The molecule has 3 amide bonds. The average molecular weight is 424 g/mol. The Hall–Kier alpha value is -2.69. The molecule has 2 aliphatic heterocycles. The molecule has 2 aromatic rings. The summed E-state index contributed by atoms with van der Waals surface area (Å²) in [6.45, 7) is 0.578. The zero-order valence-corrected chi connectivity index (χ0v) is 16.3. The number of hydroxylamine groups is 2. The zero-order valence-electron chi connectivity index (χ0n) is 15.6. The van der Waals surface area contributed by atoms with Gasteiger partial charge in [-0.2, -0.15) is 5.10 Å². The van der Waals surface area contributed by atoms with E-state index in [4.69, 9.17) is 16.4 Å². The van der Waals surface area contributed by atoms with Gasteiger partial charge in [-0.25, -0.2) is 14.2 Å². The van der Waals surface area contributed by atoms with Crippen LogP contribution in [0, 0.1) is 5.82 Å². The van der Waals surface area contributed by atoms with Crippen LogP contribution < -0.4 is 5.32 Å². The Balaban J connectivity index is 1.57. The molecule has 4 rings (SSSR count). The summed E-state index contributed by atoms with van der Waals surface area (Å²) in [4.78, 5) is 32.4. The summed E-state index contributed by atoms with van der Waals surface area (Å²) in [6, 6.07) is 3.54. The fourth-order valence-corrected chi connectivity index (χ4v) is 3.67. The number of halogens is 2. The second-order valence-corrected chi connectivity index (χ2v) is 7.31. The molecule has 2 N–H and O–H groups in total. The van der Waals surface area contributed by atoms with E-state index in [2.05, 4.69) is 10.4 Å². The predicted octanol–water partition coefficient (Wildman–Crippen LogP) is 1.64. The van der Waals surface area contributed by atoms with Crippen molar-refractivity contribution in [1.82, 2.24) is 19.7 Å². The highest BCUT2D eigenvalue weighted by Gasteiger charge is 2.35. The Kier molecular flexibility index (Phi) is 5.15. The summed E-state index contributed by atoms with van der Waals surface area (Å²) >= 11 is 5.76. The second-order valence-electron chi connectivity index (χ2n) is 6.90. The first-order valence-corrected chi connectivity index (χ1v) is 9.40. The van der Waals surface area contributed by atoms with Crippen LogP contribution in [0.2, 0.25) is 5.02 Å². The number of aromatic nitrogens is 2. The van der Waals surface area contributed by atoms with Crippen LogP contribution in [0.4, 0.5) is 14.9 Å². The lowest BCUT2D eigenvalue weighted by atomic mass is 10.1. The molecule has 0 bridgehead atoms. The van der Waals surface area contributed by atoms with Crippen molar-refractivity contribution in [1.29, 1.82) is 0 Å². The third-order valence-electron chi connectivity index (χ3n) is 4.94. The number of hydrogen-bond donors (Lipinski definition) is 2. The van der Waals surface area contributed by atoms with Crippen molar-refractivity contribution >= 4 is 29.2 Å². The Morgan fingerprint density at radius 3 is 3.00 bits per heavy atom. The van der Waals surface area contributed by atoms with Crippen molar-refractivity contribution in [2.24, 2.45) is 0 Å². The van der Waals surface area contributed by atoms with Crippen molar-refractivity contribution in [2.75, 3.05) is 25.5 Å². The van der Waals surface area contributed by atoms with Gasteiger partial charge < -0.3 is 15.3 Å². The average Bonchev–Trinajstić information content (AvgIpc) is 3.00. The number of hydrogen-bond acceptors (Lipinski definition) is 5. The molecular formula is C18H19ClFN5O4. The van der Waals surface area contributed by atoms with Crippen molar-refractivity contribution in [2.45, 2.75) is 25.6 Å². The highest BCUT2D eigenvalue weighted by Crippen LogP contribution is 2.27. The van der Waals surface area contributed by atoms with Crippen LogP contribution in [-0.2, 0) is 24.3 Å². The maximum Gasteiger partial charge on any atom is 0.322 e. The number of rotatable bonds is 2. The monoisotopic (exact) mass is 423 g/mol. The maximum absolute atomic E-state index is 13.3. The van der Waals surface area contributed by atoms with E-state index in [1.165, 1.54) is 25.2 Å². The van der Waals surface area contributed by atoms with Crippen LogP contribution in [0.5, 0.6) is 0 Å². The lowest BCUT2D eigenvalue weighted by Crippen LogP contribution is -2.39. The van der Waals surface area contributed by atoms with E-state index in [1.807, 2.05) is 0 Å². The van der Waals surface area contributed by atoms with Crippen LogP contribution in [-0.4, -0.2) is 63.1 Å². The zero-order chi connectivity index (χ0) is 20.7. The van der Waals surface area contributed by atoms with Gasteiger partial charge in [0.05, 0.1) is 30.4 Å². The molecule has 0 saturated heterocycles. The van der Waals surface area contributed by atoms with Gasteiger partial charge in [0.1, 0.15) is 17.6 Å². The van der Waals surface area contributed by atoms with Gasteiger partial charge in [0.25, 0.3) is 5.91 Å². The SMILES string of the molecule is CN1OC(CO)Cn2nc3c(c2C1=O)CN(C(=O)Nc1ccc(F)c(Cl)c1)CC3. The molecule has 1 unspecified atom stereocenters. The minimum Gasteiger partial charge on any atom is -0.393 e. The van der Waals surface area contributed by atoms with Gasteiger partial charge in [-0.15, -0.1) is 0 Å². The Labute approximate surface area is 170 Å².